The Morgan fingerprint density at radius 1 is 1.62 bits per heavy atom. The Labute approximate surface area is 101 Å². The van der Waals surface area contributed by atoms with Gasteiger partial charge in [0.05, 0.1) is 11.1 Å². The van der Waals surface area contributed by atoms with Crippen LogP contribution in [0.15, 0.2) is 15.5 Å². The molecule has 0 bridgehead atoms. The minimum absolute atomic E-state index is 0.242. The molecule has 6 heteroatoms. The Bertz CT molecular complexity index is 467. The molecule has 88 valence electrons. The Morgan fingerprint density at radius 3 is 2.75 bits per heavy atom. The van der Waals surface area contributed by atoms with Crippen molar-refractivity contribution in [2.24, 2.45) is 0 Å². The number of hydrogen-bond donors (Lipinski definition) is 1. The number of carbonyl (C=O) groups is 1. The molecule has 0 atom stereocenters. The Kier molecular flexibility index (Phi) is 4.26. The van der Waals surface area contributed by atoms with Gasteiger partial charge in [-0.25, -0.2) is 4.79 Å². The van der Waals surface area contributed by atoms with Crippen molar-refractivity contribution in [3.8, 4) is 0 Å². The van der Waals surface area contributed by atoms with Crippen LogP contribution >= 0.6 is 15.9 Å². The summed E-state index contributed by atoms with van der Waals surface area (Å²) < 4.78 is 6.87. The zero-order valence-electron chi connectivity index (χ0n) is 8.99. The van der Waals surface area contributed by atoms with Gasteiger partial charge in [0.15, 0.2) is 0 Å². The molecule has 0 saturated heterocycles. The molecule has 1 aromatic heterocycles. The number of methoxy groups -OCH3 is 1. The molecule has 1 rings (SSSR count). The zero-order chi connectivity index (χ0) is 12.3. The second-order valence-corrected chi connectivity index (χ2v) is 4.06. The molecule has 0 saturated carbocycles. The van der Waals surface area contributed by atoms with Crippen molar-refractivity contribution >= 4 is 21.9 Å². The molecule has 0 spiro atoms. The Balaban J connectivity index is 3.30. The first-order valence-corrected chi connectivity index (χ1v) is 5.40. The fourth-order valence-corrected chi connectivity index (χ4v) is 1.74. The van der Waals surface area contributed by atoms with Gasteiger partial charge >= 0.3 is 5.97 Å². The normalized spacial score (nSPS) is 10.4. The van der Waals surface area contributed by atoms with Crippen LogP contribution in [0.3, 0.4) is 0 Å². The highest BCUT2D eigenvalue weighted by Crippen LogP contribution is 2.12. The molecule has 16 heavy (non-hydrogen) atoms. The van der Waals surface area contributed by atoms with Crippen molar-refractivity contribution in [3.05, 3.63) is 32.2 Å². The summed E-state index contributed by atoms with van der Waals surface area (Å²) in [5, 5.41) is 8.87. The summed E-state index contributed by atoms with van der Waals surface area (Å²) in [6.45, 7) is 2.70. The Morgan fingerprint density at radius 2 is 2.25 bits per heavy atom. The van der Waals surface area contributed by atoms with Crippen molar-refractivity contribution in [2.45, 2.75) is 13.5 Å². The maximum absolute atomic E-state index is 11.6. The van der Waals surface area contributed by atoms with Crippen molar-refractivity contribution in [1.29, 1.82) is 0 Å². The molecule has 0 fully saturated rings. The second-order valence-electron chi connectivity index (χ2n) is 3.26. The maximum atomic E-state index is 11.6. The highest BCUT2D eigenvalue weighted by molar-refractivity contribution is 9.10. The van der Waals surface area contributed by atoms with Crippen LogP contribution in [-0.2, 0) is 11.3 Å². The van der Waals surface area contributed by atoms with Crippen molar-refractivity contribution in [3.63, 3.8) is 0 Å². The van der Waals surface area contributed by atoms with Crippen LogP contribution in [0.4, 0.5) is 0 Å². The lowest BCUT2D eigenvalue weighted by molar-refractivity contribution is 0.0694. The van der Waals surface area contributed by atoms with Gasteiger partial charge in [0.25, 0.3) is 0 Å². The molecule has 1 N–H and O–H groups in total. The summed E-state index contributed by atoms with van der Waals surface area (Å²) in [4.78, 5) is 22.4. The average Bonchev–Trinajstić information content (AvgIpc) is 2.24. The van der Waals surface area contributed by atoms with Gasteiger partial charge in [-0.3, -0.25) is 4.79 Å². The largest absolute Gasteiger partial charge is 0.477 e. The van der Waals surface area contributed by atoms with E-state index >= 15 is 0 Å². The van der Waals surface area contributed by atoms with E-state index < -0.39 is 11.4 Å². The minimum atomic E-state index is -1.23. The summed E-state index contributed by atoms with van der Waals surface area (Å²) in [5.74, 6) is -1.23. The lowest BCUT2D eigenvalue weighted by atomic mass is 10.2. The predicted molar refractivity (Wildman–Crippen MR) is 62.0 cm³/mol. The van der Waals surface area contributed by atoms with Crippen molar-refractivity contribution in [2.75, 3.05) is 13.7 Å². The first kappa shape index (κ1) is 12.9. The molecule has 5 nitrogen and oxygen atoms in total. The summed E-state index contributed by atoms with van der Waals surface area (Å²) in [5.41, 5.74) is -0.0562. The number of carboxylic acids is 1. The number of rotatable bonds is 4. The standard InChI is InChI=1S/C10H12BrNO4/c1-6-8(11)9(13)7(10(14)15)5-12(6)3-4-16-2/h5H,3-4H2,1-2H3,(H,14,15). The predicted octanol–water partition coefficient (Wildman–Crippen LogP) is 1.26. The smallest absolute Gasteiger partial charge is 0.341 e. The first-order chi connectivity index (χ1) is 7.49. The molecular weight excluding hydrogens is 278 g/mol. The van der Waals surface area contributed by atoms with E-state index in [1.807, 2.05) is 0 Å². The van der Waals surface area contributed by atoms with E-state index in [0.717, 1.165) is 0 Å². The van der Waals surface area contributed by atoms with Crippen molar-refractivity contribution in [1.82, 2.24) is 4.57 Å². The van der Waals surface area contributed by atoms with Gasteiger partial charge in [-0.1, -0.05) is 0 Å². The lowest BCUT2D eigenvalue weighted by Crippen LogP contribution is -2.22. The number of nitrogens with zero attached hydrogens (tertiary/aromatic N) is 1. The van der Waals surface area contributed by atoms with E-state index in [1.165, 1.54) is 6.20 Å². The van der Waals surface area contributed by atoms with Gasteiger partial charge in [-0.2, -0.15) is 0 Å². The highest BCUT2D eigenvalue weighted by atomic mass is 79.9. The Hall–Kier alpha value is -1.14. The number of aromatic nitrogens is 1. The van der Waals surface area contributed by atoms with E-state index in [9.17, 15) is 9.59 Å². The molecule has 0 amide bonds. The molecule has 0 aliphatic rings. The topological polar surface area (TPSA) is 68.5 Å². The molecule has 0 radical (unpaired) electrons. The monoisotopic (exact) mass is 289 g/mol. The number of aromatic carboxylic acids is 1. The van der Waals surface area contributed by atoms with Crippen LogP contribution in [0.5, 0.6) is 0 Å². The van der Waals surface area contributed by atoms with Gasteiger partial charge in [0, 0.05) is 25.5 Å². The summed E-state index contributed by atoms with van der Waals surface area (Å²) >= 11 is 3.10. The highest BCUT2D eigenvalue weighted by Gasteiger charge is 2.15. The quantitative estimate of drug-likeness (QED) is 0.906. The average molecular weight is 290 g/mol. The molecule has 0 aromatic carbocycles. The third kappa shape index (κ3) is 2.51. The molecule has 1 heterocycles. The minimum Gasteiger partial charge on any atom is -0.477 e. The summed E-state index contributed by atoms with van der Waals surface area (Å²) in [7, 11) is 1.56. The van der Waals surface area contributed by atoms with E-state index in [-0.39, 0.29) is 10.0 Å². The molecule has 0 aliphatic carbocycles. The number of ether oxygens (including phenoxy) is 1. The van der Waals surface area contributed by atoms with Gasteiger partial charge in [-0.05, 0) is 22.9 Å². The molecule has 0 aliphatic heterocycles. The number of carboxylic acid groups (broad SMARTS) is 1. The SMILES string of the molecule is COCCn1cc(C(=O)O)c(=O)c(Br)c1C. The number of halogens is 1. The van der Waals surface area contributed by atoms with Gasteiger partial charge in [0.2, 0.25) is 5.43 Å². The number of hydrogen-bond acceptors (Lipinski definition) is 3. The maximum Gasteiger partial charge on any atom is 0.341 e. The fourth-order valence-electron chi connectivity index (χ4n) is 1.29. The molecular formula is C10H12BrNO4. The van der Waals surface area contributed by atoms with Gasteiger partial charge in [0.1, 0.15) is 5.56 Å². The van der Waals surface area contributed by atoms with Crippen LogP contribution in [0, 0.1) is 6.92 Å². The summed E-state index contributed by atoms with van der Waals surface area (Å²) in [6.07, 6.45) is 1.34. The van der Waals surface area contributed by atoms with E-state index in [0.29, 0.717) is 18.8 Å². The lowest BCUT2D eigenvalue weighted by Gasteiger charge is -2.12. The molecule has 0 unspecified atom stereocenters. The summed E-state index contributed by atoms with van der Waals surface area (Å²) in [6, 6.07) is 0. The third-order valence-corrected chi connectivity index (χ3v) is 3.18. The van der Waals surface area contributed by atoms with E-state index in [4.69, 9.17) is 9.84 Å². The number of pyridine rings is 1. The van der Waals surface area contributed by atoms with Gasteiger partial charge in [-0.15, -0.1) is 0 Å². The fraction of sp³-hybridized carbons (Fsp3) is 0.400. The van der Waals surface area contributed by atoms with Crippen LogP contribution in [0.2, 0.25) is 0 Å². The van der Waals surface area contributed by atoms with Crippen LogP contribution in [0.1, 0.15) is 16.1 Å². The molecule has 1 aromatic rings. The van der Waals surface area contributed by atoms with Crippen LogP contribution in [-0.4, -0.2) is 29.4 Å². The zero-order valence-corrected chi connectivity index (χ0v) is 10.6. The van der Waals surface area contributed by atoms with Crippen LogP contribution < -0.4 is 5.43 Å². The van der Waals surface area contributed by atoms with E-state index in [2.05, 4.69) is 15.9 Å². The van der Waals surface area contributed by atoms with Gasteiger partial charge < -0.3 is 14.4 Å². The first-order valence-electron chi connectivity index (χ1n) is 4.60. The van der Waals surface area contributed by atoms with Crippen LogP contribution in [0.25, 0.3) is 0 Å². The second kappa shape index (κ2) is 5.27. The third-order valence-electron chi connectivity index (χ3n) is 2.24. The van der Waals surface area contributed by atoms with Crippen molar-refractivity contribution < 1.29 is 14.6 Å². The van der Waals surface area contributed by atoms with E-state index in [1.54, 1.807) is 18.6 Å².